The Balaban J connectivity index is 1.77. The molecule has 7 nitrogen and oxygen atoms in total. The first-order valence-corrected chi connectivity index (χ1v) is 10.0. The van der Waals surface area contributed by atoms with Crippen molar-refractivity contribution >= 4 is 22.6 Å². The number of alkyl halides is 3. The number of pyridine rings is 1. The summed E-state index contributed by atoms with van der Waals surface area (Å²) in [7, 11) is 0. The van der Waals surface area contributed by atoms with Crippen LogP contribution in [0.25, 0.3) is 22.2 Å². The topological polar surface area (TPSA) is 92.1 Å². The maximum absolute atomic E-state index is 13.4. The molecule has 0 spiro atoms. The summed E-state index contributed by atoms with van der Waals surface area (Å²) in [6, 6.07) is 5.13. The summed E-state index contributed by atoms with van der Waals surface area (Å²) >= 11 is 0. The minimum absolute atomic E-state index is 0.0591. The first kappa shape index (κ1) is 20.0. The summed E-state index contributed by atoms with van der Waals surface area (Å²) in [6.45, 7) is 2.86. The fourth-order valence-electron chi connectivity index (χ4n) is 4.43. The average molecular weight is 431 g/mol. The van der Waals surface area contributed by atoms with E-state index < -0.39 is 23.2 Å². The van der Waals surface area contributed by atoms with E-state index in [4.69, 9.17) is 5.10 Å². The van der Waals surface area contributed by atoms with Gasteiger partial charge in [0.05, 0.1) is 17.1 Å². The van der Waals surface area contributed by atoms with Gasteiger partial charge < -0.3 is 15.7 Å². The van der Waals surface area contributed by atoms with Gasteiger partial charge in [-0.25, -0.2) is 4.98 Å². The molecule has 0 radical (unpaired) electrons. The molecule has 0 saturated carbocycles. The molecule has 2 aromatic heterocycles. The largest absolute Gasteiger partial charge is 0.416 e. The second kappa shape index (κ2) is 6.76. The third-order valence-corrected chi connectivity index (χ3v) is 6.06. The van der Waals surface area contributed by atoms with Crippen LogP contribution < -0.4 is 10.6 Å². The van der Waals surface area contributed by atoms with E-state index in [0.29, 0.717) is 22.2 Å². The number of anilines is 1. The Morgan fingerprint density at radius 1 is 1.23 bits per heavy atom. The number of carbonyl (C=O) groups is 1. The smallest absolute Gasteiger partial charge is 0.375 e. The Labute approximate surface area is 175 Å². The first-order valence-electron chi connectivity index (χ1n) is 10.0. The lowest BCUT2D eigenvalue weighted by Gasteiger charge is -2.24. The Kier molecular flexibility index (Phi) is 4.35. The van der Waals surface area contributed by atoms with Gasteiger partial charge in [0.1, 0.15) is 11.5 Å². The number of aromatic nitrogens is 3. The molecule has 5 rings (SSSR count). The Hall–Kier alpha value is -2.98. The van der Waals surface area contributed by atoms with Crippen LogP contribution in [0.1, 0.15) is 36.9 Å². The zero-order valence-corrected chi connectivity index (χ0v) is 16.6. The van der Waals surface area contributed by atoms with Crippen LogP contribution in [0.2, 0.25) is 0 Å². The highest BCUT2D eigenvalue weighted by Crippen LogP contribution is 2.43. The number of nitrogens with one attached hydrogen (secondary N) is 2. The van der Waals surface area contributed by atoms with Crippen LogP contribution >= 0.6 is 0 Å². The minimum Gasteiger partial charge on any atom is -0.375 e. The normalized spacial score (nSPS) is 22.0. The first-order chi connectivity index (χ1) is 14.7. The number of piperidine rings is 1. The van der Waals surface area contributed by atoms with Crippen molar-refractivity contribution in [3.63, 3.8) is 0 Å². The molecule has 3 aromatic rings. The summed E-state index contributed by atoms with van der Waals surface area (Å²) in [5, 5.41) is 21.8. The number of fused-ring (bicyclic) bond motifs is 2. The molecular formula is C21H20F3N5O2. The summed E-state index contributed by atoms with van der Waals surface area (Å²) < 4.78 is 41.9. The molecule has 1 amide bonds. The number of benzene rings is 1. The average Bonchev–Trinajstić information content (AvgIpc) is 3.22. The molecule has 2 aliphatic heterocycles. The maximum Gasteiger partial charge on any atom is 0.416 e. The predicted octanol–water partition coefficient (Wildman–Crippen LogP) is 3.20. The molecule has 2 aliphatic rings. The van der Waals surface area contributed by atoms with E-state index in [1.165, 1.54) is 19.2 Å². The van der Waals surface area contributed by atoms with E-state index in [1.807, 2.05) is 0 Å². The summed E-state index contributed by atoms with van der Waals surface area (Å²) in [5.74, 6) is -0.382. The second-order valence-corrected chi connectivity index (χ2v) is 8.11. The number of amides is 1. The quantitative estimate of drug-likeness (QED) is 0.580. The van der Waals surface area contributed by atoms with E-state index in [1.54, 1.807) is 10.7 Å². The van der Waals surface area contributed by atoms with Gasteiger partial charge in [0.2, 0.25) is 0 Å². The molecule has 4 heterocycles. The molecule has 10 heteroatoms. The van der Waals surface area contributed by atoms with Crippen LogP contribution in [-0.4, -0.2) is 38.9 Å². The highest BCUT2D eigenvalue weighted by molar-refractivity contribution is 6.07. The van der Waals surface area contributed by atoms with Gasteiger partial charge in [-0.3, -0.25) is 9.48 Å². The van der Waals surface area contributed by atoms with E-state index in [-0.39, 0.29) is 17.4 Å². The highest BCUT2D eigenvalue weighted by Gasteiger charge is 2.44. The van der Waals surface area contributed by atoms with Crippen molar-refractivity contribution in [1.82, 2.24) is 20.1 Å². The van der Waals surface area contributed by atoms with Gasteiger partial charge in [-0.05, 0) is 57.1 Å². The number of halogens is 3. The van der Waals surface area contributed by atoms with Crippen LogP contribution in [0, 0.1) is 0 Å². The summed E-state index contributed by atoms with van der Waals surface area (Å²) in [4.78, 5) is 16.4. The number of aliphatic hydroxyl groups is 1. The van der Waals surface area contributed by atoms with Crippen LogP contribution in [0.15, 0.2) is 30.5 Å². The Morgan fingerprint density at radius 3 is 2.68 bits per heavy atom. The van der Waals surface area contributed by atoms with Gasteiger partial charge in [-0.1, -0.05) is 0 Å². The van der Waals surface area contributed by atoms with Crippen molar-refractivity contribution in [2.24, 2.45) is 0 Å². The lowest BCUT2D eigenvalue weighted by atomic mass is 9.92. The van der Waals surface area contributed by atoms with Crippen molar-refractivity contribution in [3.05, 3.63) is 41.6 Å². The number of hydrogen-bond donors (Lipinski definition) is 3. The molecule has 1 fully saturated rings. The lowest BCUT2D eigenvalue weighted by Crippen LogP contribution is -2.30. The van der Waals surface area contributed by atoms with Gasteiger partial charge in [-0.15, -0.1) is 0 Å². The van der Waals surface area contributed by atoms with Crippen LogP contribution in [0.4, 0.5) is 19.0 Å². The van der Waals surface area contributed by atoms with Crippen molar-refractivity contribution in [3.8, 4) is 11.3 Å². The van der Waals surface area contributed by atoms with Crippen LogP contribution in [-0.2, 0) is 16.6 Å². The fourth-order valence-corrected chi connectivity index (χ4v) is 4.43. The number of hydrogen-bond acceptors (Lipinski definition) is 5. The Morgan fingerprint density at radius 2 is 1.97 bits per heavy atom. The molecule has 0 bridgehead atoms. The molecule has 0 aliphatic carbocycles. The van der Waals surface area contributed by atoms with Crippen LogP contribution in [0.3, 0.4) is 0 Å². The van der Waals surface area contributed by atoms with Gasteiger partial charge in [0.25, 0.3) is 5.91 Å². The van der Waals surface area contributed by atoms with Crippen molar-refractivity contribution in [1.29, 1.82) is 0 Å². The predicted molar refractivity (Wildman–Crippen MR) is 107 cm³/mol. The van der Waals surface area contributed by atoms with Crippen molar-refractivity contribution in [2.45, 2.75) is 37.6 Å². The third kappa shape index (κ3) is 3.09. The van der Waals surface area contributed by atoms with Crippen LogP contribution in [0.5, 0.6) is 0 Å². The zero-order valence-electron chi connectivity index (χ0n) is 16.6. The third-order valence-electron chi connectivity index (χ3n) is 6.06. The molecule has 0 unspecified atom stereocenters. The molecule has 1 saturated heterocycles. The lowest BCUT2D eigenvalue weighted by molar-refractivity contribution is -0.137. The van der Waals surface area contributed by atoms with Gasteiger partial charge >= 0.3 is 6.18 Å². The number of rotatable bonds is 2. The second-order valence-electron chi connectivity index (χ2n) is 8.11. The fraction of sp³-hybridized carbons (Fsp3) is 0.381. The van der Waals surface area contributed by atoms with Crippen molar-refractivity contribution < 1.29 is 23.1 Å². The molecular weight excluding hydrogens is 411 g/mol. The number of carbonyl (C=O) groups excluding carboxylic acids is 1. The summed E-state index contributed by atoms with van der Waals surface area (Å²) in [5.41, 5.74) is -1.04. The highest BCUT2D eigenvalue weighted by atomic mass is 19.4. The SMILES string of the molecule is C[C@@]1(O)C(=O)Nc2nccc(-c3nn(C4CCNCC4)c4cc(C(F)(F)F)ccc34)c21. The summed E-state index contributed by atoms with van der Waals surface area (Å²) in [6.07, 6.45) is -1.53. The maximum atomic E-state index is 13.4. The minimum atomic E-state index is -4.48. The van der Waals surface area contributed by atoms with Crippen molar-refractivity contribution in [2.75, 3.05) is 18.4 Å². The molecule has 31 heavy (non-hydrogen) atoms. The molecule has 1 atom stereocenters. The zero-order chi connectivity index (χ0) is 22.0. The van der Waals surface area contributed by atoms with Gasteiger partial charge in [0, 0.05) is 22.7 Å². The molecule has 3 N–H and O–H groups in total. The van der Waals surface area contributed by atoms with Gasteiger partial charge in [0.15, 0.2) is 5.60 Å². The number of nitrogens with zero attached hydrogens (tertiary/aromatic N) is 3. The van der Waals surface area contributed by atoms with E-state index in [9.17, 15) is 23.1 Å². The standard InChI is InChI=1S/C21H20F3N5O2/c1-20(31)16-14(6-9-26-18(16)27-19(20)30)17-13-3-2-11(21(22,23)24)10-15(13)29(28-17)12-4-7-25-8-5-12/h2-3,6,9-10,12,25,31H,4-5,7-8H2,1H3,(H,26,27,30)/t20-/m0/s1. The molecule has 1 aromatic carbocycles. The Bertz CT molecular complexity index is 1200. The van der Waals surface area contributed by atoms with E-state index in [0.717, 1.165) is 38.1 Å². The van der Waals surface area contributed by atoms with Gasteiger partial charge in [-0.2, -0.15) is 18.3 Å². The monoisotopic (exact) mass is 431 g/mol. The molecule has 162 valence electrons. The van der Waals surface area contributed by atoms with E-state index >= 15 is 0 Å². The van der Waals surface area contributed by atoms with E-state index in [2.05, 4.69) is 15.6 Å².